The zero-order chi connectivity index (χ0) is 21.7. The highest BCUT2D eigenvalue weighted by Crippen LogP contribution is 2.49. The van der Waals surface area contributed by atoms with Crippen LogP contribution in [-0.4, -0.2) is 23.1 Å². The van der Waals surface area contributed by atoms with Crippen LogP contribution in [0.3, 0.4) is 0 Å². The molecule has 1 heterocycles. The summed E-state index contributed by atoms with van der Waals surface area (Å²) in [4.78, 5) is 15.6. The van der Waals surface area contributed by atoms with E-state index in [9.17, 15) is 4.79 Å². The van der Waals surface area contributed by atoms with Gasteiger partial charge in [0.15, 0.2) is 0 Å². The number of nitrogen functional groups attached to an aromatic ring is 1. The first-order valence-corrected chi connectivity index (χ1v) is 10.7. The molecular formula is C25H33N3O2. The lowest BCUT2D eigenvalue weighted by atomic mass is 9.62. The first-order chi connectivity index (χ1) is 14.3. The predicted octanol–water partition coefficient (Wildman–Crippen LogP) is 5.38. The standard InChI is InChI=1S/C19H26N2O2.C6H7N/c1-4-23-18(22)13-5-6-17(16(20)10-13)21-19(3)8-7-15-12(2)9-14(15)11-19;1-6-2-4-7-5-3-6/h5-7,10,12,14,21H,4,8-9,11,20H2,1-3H3;2-5H,1H3. The molecule has 2 aromatic rings. The second kappa shape index (κ2) is 9.33. The van der Waals surface area contributed by atoms with Gasteiger partial charge in [-0.1, -0.05) is 18.6 Å². The van der Waals surface area contributed by atoms with Crippen LogP contribution in [0.5, 0.6) is 0 Å². The van der Waals surface area contributed by atoms with Crippen molar-refractivity contribution < 1.29 is 9.53 Å². The van der Waals surface area contributed by atoms with E-state index < -0.39 is 0 Å². The van der Waals surface area contributed by atoms with Gasteiger partial charge in [0.2, 0.25) is 0 Å². The number of hydrogen-bond acceptors (Lipinski definition) is 5. The molecule has 0 radical (unpaired) electrons. The highest BCUT2D eigenvalue weighted by molar-refractivity contribution is 5.92. The molecule has 4 rings (SSSR count). The normalized spacial score (nSPS) is 24.3. The summed E-state index contributed by atoms with van der Waals surface area (Å²) in [7, 11) is 0. The molecule has 0 spiro atoms. The number of carbonyl (C=O) groups excluding carboxylic acids is 1. The van der Waals surface area contributed by atoms with E-state index in [1.807, 2.05) is 25.1 Å². The fraction of sp³-hybridized carbons (Fsp3) is 0.440. The van der Waals surface area contributed by atoms with Crippen molar-refractivity contribution in [2.75, 3.05) is 17.7 Å². The van der Waals surface area contributed by atoms with Gasteiger partial charge < -0.3 is 15.8 Å². The van der Waals surface area contributed by atoms with Crippen molar-refractivity contribution in [1.29, 1.82) is 0 Å². The predicted molar refractivity (Wildman–Crippen MR) is 122 cm³/mol. The maximum absolute atomic E-state index is 11.8. The monoisotopic (exact) mass is 407 g/mol. The van der Waals surface area contributed by atoms with Gasteiger partial charge in [-0.15, -0.1) is 0 Å². The summed E-state index contributed by atoms with van der Waals surface area (Å²) in [5.41, 5.74) is 11.0. The van der Waals surface area contributed by atoms with E-state index in [2.05, 4.69) is 30.2 Å². The molecule has 5 nitrogen and oxygen atoms in total. The maximum Gasteiger partial charge on any atom is 0.338 e. The van der Waals surface area contributed by atoms with E-state index in [4.69, 9.17) is 10.5 Å². The van der Waals surface area contributed by atoms with Crippen LogP contribution in [0, 0.1) is 18.8 Å². The van der Waals surface area contributed by atoms with Crippen LogP contribution < -0.4 is 11.1 Å². The van der Waals surface area contributed by atoms with Gasteiger partial charge in [-0.25, -0.2) is 4.79 Å². The molecule has 1 aromatic carbocycles. The SMILES string of the molecule is CCOC(=O)c1ccc(NC2(C)CC=C3C(C)CC3C2)c(N)c1.Cc1ccncc1. The average molecular weight is 408 g/mol. The average Bonchev–Trinajstić information content (AvgIpc) is 2.70. The van der Waals surface area contributed by atoms with Crippen molar-refractivity contribution in [3.63, 3.8) is 0 Å². The van der Waals surface area contributed by atoms with E-state index in [0.717, 1.165) is 30.4 Å². The summed E-state index contributed by atoms with van der Waals surface area (Å²) < 4.78 is 5.01. The third kappa shape index (κ3) is 5.21. The van der Waals surface area contributed by atoms with Gasteiger partial charge in [0, 0.05) is 17.9 Å². The lowest BCUT2D eigenvalue weighted by molar-refractivity contribution is 0.0526. The van der Waals surface area contributed by atoms with E-state index in [1.54, 1.807) is 37.0 Å². The number of nitrogens with one attached hydrogen (secondary N) is 1. The van der Waals surface area contributed by atoms with Gasteiger partial charge in [0.1, 0.15) is 0 Å². The molecule has 1 fully saturated rings. The molecule has 160 valence electrons. The number of pyridine rings is 1. The molecular weight excluding hydrogens is 374 g/mol. The molecule has 2 aliphatic carbocycles. The number of ether oxygens (including phenoxy) is 1. The van der Waals surface area contributed by atoms with E-state index in [-0.39, 0.29) is 11.5 Å². The number of carbonyl (C=O) groups is 1. The molecule has 3 unspecified atom stereocenters. The molecule has 0 aliphatic heterocycles. The van der Waals surface area contributed by atoms with E-state index in [1.165, 1.54) is 12.0 Å². The number of hydrogen-bond donors (Lipinski definition) is 2. The fourth-order valence-electron chi connectivity index (χ4n) is 4.35. The Morgan fingerprint density at radius 2 is 2.03 bits per heavy atom. The number of anilines is 2. The number of esters is 1. The second-order valence-corrected chi connectivity index (χ2v) is 8.68. The number of nitrogens with two attached hydrogens (primary N) is 1. The van der Waals surface area contributed by atoms with Gasteiger partial charge in [-0.05, 0) is 87.8 Å². The fourth-order valence-corrected chi connectivity index (χ4v) is 4.35. The Bertz CT molecular complexity index is 910. The number of allylic oxidation sites excluding steroid dienone is 1. The van der Waals surface area contributed by atoms with E-state index in [0.29, 0.717) is 17.9 Å². The number of benzene rings is 1. The van der Waals surface area contributed by atoms with Crippen LogP contribution in [-0.2, 0) is 4.74 Å². The Hall–Kier alpha value is -2.82. The van der Waals surface area contributed by atoms with Crippen molar-refractivity contribution >= 4 is 17.3 Å². The third-order valence-electron chi connectivity index (χ3n) is 6.01. The number of aromatic nitrogens is 1. The molecule has 5 heteroatoms. The summed E-state index contributed by atoms with van der Waals surface area (Å²) >= 11 is 0. The van der Waals surface area contributed by atoms with Gasteiger partial charge in [-0.3, -0.25) is 4.98 Å². The van der Waals surface area contributed by atoms with Gasteiger partial charge >= 0.3 is 5.97 Å². The Balaban J connectivity index is 0.000000310. The molecule has 1 aromatic heterocycles. The molecule has 1 saturated carbocycles. The zero-order valence-electron chi connectivity index (χ0n) is 18.4. The summed E-state index contributed by atoms with van der Waals surface area (Å²) in [6, 6.07) is 9.30. The summed E-state index contributed by atoms with van der Waals surface area (Å²) in [6.45, 7) is 8.77. The largest absolute Gasteiger partial charge is 0.462 e. The third-order valence-corrected chi connectivity index (χ3v) is 6.01. The molecule has 30 heavy (non-hydrogen) atoms. The summed E-state index contributed by atoms with van der Waals surface area (Å²) in [5, 5.41) is 3.60. The van der Waals surface area contributed by atoms with E-state index >= 15 is 0 Å². The van der Waals surface area contributed by atoms with Crippen LogP contribution in [0.15, 0.2) is 54.4 Å². The first-order valence-electron chi connectivity index (χ1n) is 10.7. The second-order valence-electron chi connectivity index (χ2n) is 8.68. The number of aryl methyl sites for hydroxylation is 1. The van der Waals surface area contributed by atoms with Crippen LogP contribution in [0.4, 0.5) is 11.4 Å². The number of rotatable bonds is 4. The lowest BCUT2D eigenvalue weighted by Gasteiger charge is -2.47. The minimum absolute atomic E-state index is 0.0217. The van der Waals surface area contributed by atoms with Gasteiger partial charge in [0.25, 0.3) is 0 Å². The Labute approximate surface area is 179 Å². The van der Waals surface area contributed by atoms with Crippen molar-refractivity contribution in [2.24, 2.45) is 11.8 Å². The number of fused-ring (bicyclic) bond motifs is 1. The Morgan fingerprint density at radius 3 is 2.57 bits per heavy atom. The minimum atomic E-state index is -0.328. The quantitative estimate of drug-likeness (QED) is 0.404. The smallest absolute Gasteiger partial charge is 0.338 e. The summed E-state index contributed by atoms with van der Waals surface area (Å²) in [5.74, 6) is 1.15. The van der Waals surface area contributed by atoms with Crippen molar-refractivity contribution in [3.05, 3.63) is 65.5 Å². The highest BCUT2D eigenvalue weighted by Gasteiger charge is 2.41. The van der Waals surface area contributed by atoms with Crippen LogP contribution >= 0.6 is 0 Å². The maximum atomic E-state index is 11.8. The first kappa shape index (κ1) is 21.9. The van der Waals surface area contributed by atoms with Gasteiger partial charge in [0.05, 0.1) is 23.5 Å². The highest BCUT2D eigenvalue weighted by atomic mass is 16.5. The Morgan fingerprint density at radius 1 is 1.30 bits per heavy atom. The van der Waals surface area contributed by atoms with Crippen molar-refractivity contribution in [2.45, 2.75) is 52.5 Å². The zero-order valence-corrected chi connectivity index (χ0v) is 18.4. The molecule has 0 amide bonds. The van der Waals surface area contributed by atoms with Crippen molar-refractivity contribution in [3.8, 4) is 0 Å². The van der Waals surface area contributed by atoms with Crippen molar-refractivity contribution in [1.82, 2.24) is 4.98 Å². The molecule has 0 saturated heterocycles. The molecule has 2 aliphatic rings. The number of nitrogens with zero attached hydrogens (tertiary/aromatic N) is 1. The van der Waals surface area contributed by atoms with Crippen LogP contribution in [0.2, 0.25) is 0 Å². The van der Waals surface area contributed by atoms with Crippen LogP contribution in [0.1, 0.15) is 56.0 Å². The van der Waals surface area contributed by atoms with Gasteiger partial charge in [-0.2, -0.15) is 0 Å². The lowest BCUT2D eigenvalue weighted by Crippen LogP contribution is -2.44. The summed E-state index contributed by atoms with van der Waals surface area (Å²) in [6.07, 6.45) is 9.42. The Kier molecular flexibility index (Phi) is 6.80. The molecule has 3 atom stereocenters. The van der Waals surface area contributed by atoms with Crippen LogP contribution in [0.25, 0.3) is 0 Å². The molecule has 3 N–H and O–H groups in total. The molecule has 0 bridgehead atoms. The topological polar surface area (TPSA) is 77.2 Å². The minimum Gasteiger partial charge on any atom is -0.462 e.